The van der Waals surface area contributed by atoms with Crippen molar-refractivity contribution in [2.75, 3.05) is 7.11 Å². The first-order valence-electron chi connectivity index (χ1n) is 7.12. The van der Waals surface area contributed by atoms with Crippen LogP contribution in [0.3, 0.4) is 0 Å². The summed E-state index contributed by atoms with van der Waals surface area (Å²) >= 11 is 0. The molecular formula is C17H16O5S. The number of benzene rings is 2. The maximum atomic E-state index is 12.7. The molecule has 5 nitrogen and oxygen atoms in total. The smallest absolute Gasteiger partial charge is 0.308 e. The second-order valence-corrected chi connectivity index (χ2v) is 7.59. The highest BCUT2D eigenvalue weighted by Crippen LogP contribution is 2.54. The van der Waals surface area contributed by atoms with Crippen molar-refractivity contribution >= 4 is 15.8 Å². The molecule has 1 aliphatic carbocycles. The fourth-order valence-corrected chi connectivity index (χ4v) is 5.10. The summed E-state index contributed by atoms with van der Waals surface area (Å²) in [6, 6.07) is 14.8. The van der Waals surface area contributed by atoms with Gasteiger partial charge >= 0.3 is 5.97 Å². The Morgan fingerprint density at radius 1 is 1.04 bits per heavy atom. The first-order valence-corrected chi connectivity index (χ1v) is 8.67. The van der Waals surface area contributed by atoms with Crippen molar-refractivity contribution in [1.82, 2.24) is 0 Å². The first-order chi connectivity index (χ1) is 11.0. The van der Waals surface area contributed by atoms with E-state index in [0.29, 0.717) is 11.3 Å². The van der Waals surface area contributed by atoms with Crippen LogP contribution >= 0.6 is 0 Å². The number of rotatable bonds is 5. The van der Waals surface area contributed by atoms with Crippen LogP contribution < -0.4 is 4.74 Å². The van der Waals surface area contributed by atoms with Crippen molar-refractivity contribution in [1.29, 1.82) is 0 Å². The summed E-state index contributed by atoms with van der Waals surface area (Å²) in [6.45, 7) is 0. The lowest BCUT2D eigenvalue weighted by molar-refractivity contribution is -0.138. The Labute approximate surface area is 134 Å². The maximum Gasteiger partial charge on any atom is 0.308 e. The van der Waals surface area contributed by atoms with Crippen molar-refractivity contribution in [3.8, 4) is 5.75 Å². The van der Waals surface area contributed by atoms with Gasteiger partial charge in [-0.1, -0.05) is 30.3 Å². The van der Waals surface area contributed by atoms with Crippen molar-refractivity contribution in [3.05, 3.63) is 60.2 Å². The zero-order valence-electron chi connectivity index (χ0n) is 12.4. The van der Waals surface area contributed by atoms with E-state index in [1.165, 1.54) is 19.2 Å². The van der Waals surface area contributed by atoms with Gasteiger partial charge in [0.1, 0.15) is 5.75 Å². The van der Waals surface area contributed by atoms with E-state index < -0.39 is 32.9 Å². The molecule has 3 atom stereocenters. The van der Waals surface area contributed by atoms with Crippen LogP contribution in [0.2, 0.25) is 0 Å². The van der Waals surface area contributed by atoms with Gasteiger partial charge in [0.2, 0.25) is 0 Å². The Morgan fingerprint density at radius 2 is 1.65 bits per heavy atom. The molecule has 0 heterocycles. The van der Waals surface area contributed by atoms with Gasteiger partial charge in [0.25, 0.3) is 0 Å². The highest BCUT2D eigenvalue weighted by molar-refractivity contribution is 7.92. The molecule has 0 saturated heterocycles. The number of carboxylic acid groups (broad SMARTS) is 1. The summed E-state index contributed by atoms with van der Waals surface area (Å²) in [5, 5.41) is 8.44. The van der Waals surface area contributed by atoms with Crippen LogP contribution in [-0.2, 0) is 14.6 Å². The standard InChI is InChI=1S/C17H16O5S/c1-22-12-9-7-11(8-10-12)14-15(17(18)19)16(14)23(20,21)13-5-3-2-4-6-13/h2-10,14-16H,1H3,(H,18,19)/t14-,15-,16-/m1/s1. The molecule has 1 fully saturated rings. The van der Waals surface area contributed by atoms with E-state index in [4.69, 9.17) is 4.74 Å². The number of hydrogen-bond acceptors (Lipinski definition) is 4. The van der Waals surface area contributed by atoms with Crippen LogP contribution in [0, 0.1) is 5.92 Å². The average molecular weight is 332 g/mol. The zero-order chi connectivity index (χ0) is 16.6. The van der Waals surface area contributed by atoms with Crippen LogP contribution in [-0.4, -0.2) is 31.9 Å². The predicted molar refractivity (Wildman–Crippen MR) is 84.3 cm³/mol. The van der Waals surface area contributed by atoms with Crippen LogP contribution in [0.4, 0.5) is 0 Å². The van der Waals surface area contributed by atoms with E-state index in [1.54, 1.807) is 42.5 Å². The van der Waals surface area contributed by atoms with Crippen LogP contribution in [0.5, 0.6) is 5.75 Å². The van der Waals surface area contributed by atoms with Gasteiger partial charge in [-0.3, -0.25) is 4.79 Å². The molecule has 1 saturated carbocycles. The Bertz CT molecular complexity index is 812. The van der Waals surface area contributed by atoms with Gasteiger partial charge in [-0.05, 0) is 29.8 Å². The summed E-state index contributed by atoms with van der Waals surface area (Å²) < 4.78 is 30.5. The number of sulfone groups is 1. The Hall–Kier alpha value is -2.34. The number of aliphatic carboxylic acids is 1. The molecule has 0 spiro atoms. The molecular weight excluding hydrogens is 316 g/mol. The lowest BCUT2D eigenvalue weighted by Gasteiger charge is -2.04. The van der Waals surface area contributed by atoms with Crippen LogP contribution in [0.1, 0.15) is 11.5 Å². The van der Waals surface area contributed by atoms with Crippen molar-refractivity contribution < 1.29 is 23.1 Å². The Morgan fingerprint density at radius 3 is 2.17 bits per heavy atom. The van der Waals surface area contributed by atoms with Gasteiger partial charge in [0, 0.05) is 5.92 Å². The van der Waals surface area contributed by atoms with Crippen molar-refractivity contribution in [2.24, 2.45) is 5.92 Å². The van der Waals surface area contributed by atoms with E-state index in [1.807, 2.05) is 0 Å². The zero-order valence-corrected chi connectivity index (χ0v) is 13.2. The third-order valence-electron chi connectivity index (χ3n) is 4.17. The molecule has 2 aromatic rings. The number of hydrogen-bond donors (Lipinski definition) is 1. The number of carbonyl (C=O) groups is 1. The summed E-state index contributed by atoms with van der Waals surface area (Å²) in [6.07, 6.45) is 0. The second-order valence-electron chi connectivity index (χ2n) is 5.49. The van der Waals surface area contributed by atoms with Gasteiger partial charge in [-0.25, -0.2) is 8.42 Å². The molecule has 1 N–H and O–H groups in total. The minimum atomic E-state index is -3.69. The van der Waals surface area contributed by atoms with Gasteiger partial charge in [-0.2, -0.15) is 0 Å². The summed E-state index contributed by atoms with van der Waals surface area (Å²) in [5.74, 6) is -1.91. The lowest BCUT2D eigenvalue weighted by Crippen LogP contribution is -2.13. The molecule has 0 aliphatic heterocycles. The van der Waals surface area contributed by atoms with Gasteiger partial charge in [0.15, 0.2) is 9.84 Å². The molecule has 0 unspecified atom stereocenters. The molecule has 23 heavy (non-hydrogen) atoms. The van der Waals surface area contributed by atoms with Crippen LogP contribution in [0.15, 0.2) is 59.5 Å². The monoisotopic (exact) mass is 332 g/mol. The fourth-order valence-electron chi connectivity index (χ4n) is 2.95. The normalized spacial score (nSPS) is 23.3. The van der Waals surface area contributed by atoms with E-state index >= 15 is 0 Å². The average Bonchev–Trinajstić information content (AvgIpc) is 3.32. The minimum Gasteiger partial charge on any atom is -0.497 e. The molecule has 2 aromatic carbocycles. The maximum absolute atomic E-state index is 12.7. The van der Waals surface area contributed by atoms with E-state index in [-0.39, 0.29) is 4.90 Å². The molecule has 6 heteroatoms. The number of carboxylic acids is 1. The molecule has 1 aliphatic rings. The third-order valence-corrected chi connectivity index (χ3v) is 6.40. The van der Waals surface area contributed by atoms with Gasteiger partial charge < -0.3 is 9.84 Å². The molecule has 0 radical (unpaired) electrons. The largest absolute Gasteiger partial charge is 0.497 e. The van der Waals surface area contributed by atoms with Crippen molar-refractivity contribution in [2.45, 2.75) is 16.1 Å². The molecule has 0 bridgehead atoms. The third kappa shape index (κ3) is 2.70. The Balaban J connectivity index is 1.96. The summed E-state index contributed by atoms with van der Waals surface area (Å²) in [7, 11) is -2.15. The molecule has 0 aromatic heterocycles. The van der Waals surface area contributed by atoms with Crippen LogP contribution in [0.25, 0.3) is 0 Å². The number of ether oxygens (including phenoxy) is 1. The molecule has 120 valence electrons. The van der Waals surface area contributed by atoms with E-state index in [9.17, 15) is 18.3 Å². The summed E-state index contributed by atoms with van der Waals surface area (Å²) in [4.78, 5) is 11.6. The fraction of sp³-hybridized carbons (Fsp3) is 0.235. The lowest BCUT2D eigenvalue weighted by atomic mass is 10.1. The summed E-state index contributed by atoms with van der Waals surface area (Å²) in [5.41, 5.74) is 0.697. The highest BCUT2D eigenvalue weighted by atomic mass is 32.2. The van der Waals surface area contributed by atoms with E-state index in [0.717, 1.165) is 0 Å². The van der Waals surface area contributed by atoms with Crippen molar-refractivity contribution in [3.63, 3.8) is 0 Å². The topological polar surface area (TPSA) is 80.7 Å². The molecule has 0 amide bonds. The number of methoxy groups -OCH3 is 1. The predicted octanol–water partition coefficient (Wildman–Crippen LogP) is 2.34. The quantitative estimate of drug-likeness (QED) is 0.909. The second kappa shape index (κ2) is 5.70. The molecule has 3 rings (SSSR count). The minimum absolute atomic E-state index is 0.160. The van der Waals surface area contributed by atoms with E-state index in [2.05, 4.69) is 0 Å². The SMILES string of the molecule is COc1ccc([C@@H]2[C@@H](C(=O)O)[C@@H]2S(=O)(=O)c2ccccc2)cc1. The van der Waals surface area contributed by atoms with Gasteiger partial charge in [0.05, 0.1) is 23.2 Å². The first kappa shape index (κ1) is 15.6. The Kier molecular flexibility index (Phi) is 3.85. The van der Waals surface area contributed by atoms with Gasteiger partial charge in [-0.15, -0.1) is 0 Å². The highest BCUT2D eigenvalue weighted by Gasteiger charge is 2.63.